The van der Waals surface area contributed by atoms with Crippen molar-refractivity contribution in [3.8, 4) is 17.3 Å². The Bertz CT molecular complexity index is 3840. The molecule has 10 aromatic rings. The van der Waals surface area contributed by atoms with Crippen LogP contribution < -0.4 is 9.64 Å². The number of fused-ring (bicyclic) bond motifs is 10. The van der Waals surface area contributed by atoms with Crippen molar-refractivity contribution in [3.63, 3.8) is 0 Å². The minimum absolute atomic E-state index is 0.0279. The van der Waals surface area contributed by atoms with Gasteiger partial charge in [0.2, 0.25) is 0 Å². The van der Waals surface area contributed by atoms with Crippen molar-refractivity contribution in [1.29, 1.82) is 0 Å². The van der Waals surface area contributed by atoms with Crippen LogP contribution in [-0.4, -0.2) is 14.1 Å². The van der Waals surface area contributed by atoms with Gasteiger partial charge in [0.15, 0.2) is 0 Å². The Hall–Kier alpha value is -7.11. The van der Waals surface area contributed by atoms with Crippen LogP contribution in [-0.2, 0) is 13.0 Å². The third-order valence-corrected chi connectivity index (χ3v) is 11.1. The number of hydrogen-bond donors (Lipinski definition) is 0. The van der Waals surface area contributed by atoms with Crippen molar-refractivity contribution in [3.05, 3.63) is 180 Å². The van der Waals surface area contributed by atoms with Crippen molar-refractivity contribution in [1.82, 2.24) is 14.1 Å². The first kappa shape index (κ1) is 25.1. The molecular formula is C52H40N4O. The van der Waals surface area contributed by atoms with E-state index in [1.807, 2.05) is 17.0 Å². The fourth-order valence-corrected chi connectivity index (χ4v) is 8.61. The maximum absolute atomic E-state index is 9.36. The molecule has 0 fully saturated rings. The van der Waals surface area contributed by atoms with Crippen molar-refractivity contribution >= 4 is 76.5 Å². The van der Waals surface area contributed by atoms with Crippen LogP contribution in [0.5, 0.6) is 11.5 Å². The highest BCUT2D eigenvalue weighted by molar-refractivity contribution is 6.21. The van der Waals surface area contributed by atoms with Crippen LogP contribution >= 0.6 is 0 Å². The van der Waals surface area contributed by atoms with Gasteiger partial charge in [-0.1, -0.05) is 109 Å². The smallest absolute Gasteiger partial charge is 0.137 e. The average molecular weight is 746 g/mol. The zero-order chi connectivity index (χ0) is 46.1. The Balaban J connectivity index is 1.12. The summed E-state index contributed by atoms with van der Waals surface area (Å²) in [6, 6.07) is 35.2. The summed E-state index contributed by atoms with van der Waals surface area (Å²) in [5.41, 5.74) is 6.30. The zero-order valence-corrected chi connectivity index (χ0v) is 31.5. The second-order valence-electron chi connectivity index (χ2n) is 14.5. The van der Waals surface area contributed by atoms with Crippen molar-refractivity contribution in [2.75, 3.05) is 4.90 Å². The second-order valence-corrected chi connectivity index (χ2v) is 14.5. The quantitative estimate of drug-likeness (QED) is 0.176. The van der Waals surface area contributed by atoms with Gasteiger partial charge in [-0.05, 0) is 101 Å². The lowest BCUT2D eigenvalue weighted by atomic mass is 9.99. The predicted octanol–water partition coefficient (Wildman–Crippen LogP) is 13.8. The maximum Gasteiger partial charge on any atom is 0.137 e. The molecule has 0 bridgehead atoms. The molecule has 1 aliphatic rings. The molecule has 0 aliphatic carbocycles. The highest BCUT2D eigenvalue weighted by Gasteiger charge is 2.25. The van der Waals surface area contributed by atoms with E-state index in [4.69, 9.17) is 15.7 Å². The van der Waals surface area contributed by atoms with Gasteiger partial charge in [0, 0.05) is 48.3 Å². The Kier molecular flexibility index (Phi) is 5.73. The molecular weight excluding hydrogens is 697 g/mol. The number of benzene rings is 7. The van der Waals surface area contributed by atoms with E-state index in [9.17, 15) is 1.37 Å². The van der Waals surface area contributed by atoms with E-state index >= 15 is 0 Å². The third-order valence-electron chi connectivity index (χ3n) is 11.1. The number of ether oxygens (including phenoxy) is 1. The molecule has 11 rings (SSSR count). The lowest BCUT2D eigenvalue weighted by Gasteiger charge is -2.21. The van der Waals surface area contributed by atoms with E-state index in [2.05, 4.69) is 90.1 Å². The molecule has 0 spiro atoms. The number of rotatable bonds is 5. The highest BCUT2D eigenvalue weighted by atomic mass is 16.5. The van der Waals surface area contributed by atoms with Gasteiger partial charge in [-0.2, -0.15) is 0 Å². The van der Waals surface area contributed by atoms with Gasteiger partial charge in [0.25, 0.3) is 0 Å². The predicted molar refractivity (Wildman–Crippen MR) is 238 cm³/mol. The van der Waals surface area contributed by atoms with E-state index in [1.165, 1.54) is 13.1 Å². The third kappa shape index (κ3) is 5.26. The molecule has 57 heavy (non-hydrogen) atoms. The number of pyridine rings is 1. The summed E-state index contributed by atoms with van der Waals surface area (Å²) in [6.45, 7) is 5.94. The van der Waals surface area contributed by atoms with E-state index in [0.29, 0.717) is 28.8 Å². The van der Waals surface area contributed by atoms with Crippen LogP contribution in [0.4, 0.5) is 11.4 Å². The molecule has 4 heterocycles. The molecule has 0 amide bonds. The Morgan fingerprint density at radius 3 is 2.28 bits per heavy atom. The van der Waals surface area contributed by atoms with Gasteiger partial charge >= 0.3 is 0 Å². The first-order chi connectivity index (χ1) is 31.6. The minimum Gasteiger partial charge on any atom is -0.457 e. The lowest BCUT2D eigenvalue weighted by Crippen LogP contribution is -2.14. The number of anilines is 2. The van der Waals surface area contributed by atoms with Crippen molar-refractivity contribution < 1.29 is 17.1 Å². The van der Waals surface area contributed by atoms with E-state index in [1.54, 1.807) is 41.0 Å². The fourth-order valence-electron chi connectivity index (χ4n) is 8.61. The monoisotopic (exact) mass is 745 g/mol. The minimum atomic E-state index is -1.73. The van der Waals surface area contributed by atoms with Gasteiger partial charge < -0.3 is 14.2 Å². The molecule has 0 unspecified atom stereocenters. The molecule has 5 nitrogen and oxygen atoms in total. The standard InChI is InChI=1S/C52H40N4O/c1-4-35-26-27-53-50(29-35)56-47-20-8-7-17-42(47)43-25-23-38(31-49(43)56)57-37-14-10-13-36(30-37)54-32-55-51-34(3)12-9-18-45(51)46-28-33(2)22-24-41(46)39-15-5-6-16-40(39)44-19-11-21-48(54)52(44)55/h5-31H,4,32H2,1-3H3/i4D2,7D,8D,10D,13D,14D,17D,20D. The van der Waals surface area contributed by atoms with Gasteiger partial charge in [-0.3, -0.25) is 4.57 Å². The zero-order valence-electron chi connectivity index (χ0n) is 40.5. The van der Waals surface area contributed by atoms with E-state index < -0.39 is 18.5 Å². The van der Waals surface area contributed by atoms with Gasteiger partial charge in [-0.15, -0.1) is 0 Å². The first-order valence-corrected chi connectivity index (χ1v) is 18.9. The van der Waals surface area contributed by atoms with E-state index in [0.717, 1.165) is 60.2 Å². The summed E-state index contributed by atoms with van der Waals surface area (Å²) in [6.07, 6.45) is -0.265. The molecule has 0 radical (unpaired) electrons. The Morgan fingerprint density at radius 2 is 1.40 bits per heavy atom. The summed E-state index contributed by atoms with van der Waals surface area (Å²) in [5, 5.41) is 7.24. The molecule has 7 aromatic carbocycles. The maximum atomic E-state index is 9.36. The molecule has 0 saturated heterocycles. The second kappa shape index (κ2) is 13.0. The average Bonchev–Trinajstić information content (AvgIpc) is 3.87. The number of hydrogen-bond acceptors (Lipinski definition) is 3. The molecule has 3 aromatic heterocycles. The summed E-state index contributed by atoms with van der Waals surface area (Å²) >= 11 is 0. The van der Waals surface area contributed by atoms with E-state index in [-0.39, 0.29) is 58.4 Å². The van der Waals surface area contributed by atoms with Crippen LogP contribution in [0.3, 0.4) is 0 Å². The molecule has 0 saturated carbocycles. The SMILES string of the molecule is [2H]c1c(Oc2ccc3c4c([2H])c([2H])c([2H])c([2H])c4n(-c4cc(C([2H])([2H])C)ccn4)c3c2)cc(N2Cn3c4c(C)cccc4c4cc(C)ccc4c4ccccc4c4cccc2c43)c([2H])c1[2H]. The normalized spacial score (nSPS) is 14.9. The first-order valence-electron chi connectivity index (χ1n) is 23.4. The summed E-state index contributed by atoms with van der Waals surface area (Å²) in [4.78, 5) is 6.56. The lowest BCUT2D eigenvalue weighted by molar-refractivity contribution is 0.483. The van der Waals surface area contributed by atoms with Crippen LogP contribution in [0.2, 0.25) is 0 Å². The fraction of sp³-hybridized carbons (Fsp3) is 0.0962. The van der Waals surface area contributed by atoms with Gasteiger partial charge in [0.1, 0.15) is 24.0 Å². The largest absolute Gasteiger partial charge is 0.457 e. The number of nitrogens with zero attached hydrogens (tertiary/aromatic N) is 4. The topological polar surface area (TPSA) is 35.2 Å². The molecule has 0 atom stereocenters. The van der Waals surface area contributed by atoms with Crippen LogP contribution in [0.15, 0.2) is 164 Å². The Labute approximate surface area is 343 Å². The number of aryl methyl sites for hydroxylation is 3. The van der Waals surface area contributed by atoms with Crippen molar-refractivity contribution in [2.45, 2.75) is 33.8 Å². The van der Waals surface area contributed by atoms with Gasteiger partial charge in [0.05, 0.1) is 37.3 Å². The van der Waals surface area contributed by atoms with Gasteiger partial charge in [-0.25, -0.2) is 4.98 Å². The Morgan fingerprint density at radius 1 is 0.632 bits per heavy atom. The summed E-state index contributed by atoms with van der Waals surface area (Å²) < 4.78 is 89.7. The van der Waals surface area contributed by atoms with Crippen LogP contribution in [0, 0.1) is 13.8 Å². The summed E-state index contributed by atoms with van der Waals surface area (Å²) in [7, 11) is 0. The summed E-state index contributed by atoms with van der Waals surface area (Å²) in [5.74, 6) is 0.508. The molecule has 274 valence electrons. The molecule has 1 aliphatic heterocycles. The number of aromatic nitrogens is 3. The molecule has 5 heteroatoms. The molecule has 0 N–H and O–H groups in total. The van der Waals surface area contributed by atoms with Crippen LogP contribution in [0.25, 0.3) is 71.0 Å². The van der Waals surface area contributed by atoms with Crippen LogP contribution in [0.1, 0.15) is 36.0 Å². The van der Waals surface area contributed by atoms with Crippen molar-refractivity contribution in [2.24, 2.45) is 0 Å². The highest BCUT2D eigenvalue weighted by Crippen LogP contribution is 2.44. The number of para-hydroxylation sites is 3.